The Morgan fingerprint density at radius 3 is 2.80 bits per heavy atom. The molecule has 20 heavy (non-hydrogen) atoms. The number of carbonyl (C=O) groups excluding carboxylic acids is 1. The Kier molecular flexibility index (Phi) is 7.01. The summed E-state index contributed by atoms with van der Waals surface area (Å²) in [4.78, 5) is 21.8. The molecule has 1 aromatic rings. The molecule has 7 heteroatoms. The smallest absolute Gasteiger partial charge is 0.326 e. The van der Waals surface area contributed by atoms with E-state index in [1.807, 2.05) is 0 Å². The summed E-state index contributed by atoms with van der Waals surface area (Å²) in [5.41, 5.74) is 0.821. The minimum absolute atomic E-state index is 0.301. The van der Waals surface area contributed by atoms with Crippen LogP contribution >= 0.6 is 27.7 Å². The number of carboxylic acid groups (broad SMARTS) is 1. The summed E-state index contributed by atoms with van der Waals surface area (Å²) in [5.74, 6) is -0.584. The molecule has 0 aliphatic heterocycles. The predicted octanol–water partition coefficient (Wildman–Crippen LogP) is 2.80. The standard InChI is InChI=1S/C13H15BrFNO3S/c1-8(17)16-12(13(18)19)4-5-20-7-9-6-10(15)2-3-11(9)14/h2-3,6,12H,4-5,7H2,1H3,(H,16,17)(H,18,19). The highest BCUT2D eigenvalue weighted by Gasteiger charge is 2.17. The van der Waals surface area contributed by atoms with Crippen molar-refractivity contribution in [2.24, 2.45) is 0 Å². The van der Waals surface area contributed by atoms with Crippen LogP contribution in [0.2, 0.25) is 0 Å². The number of thioether (sulfide) groups is 1. The Labute approximate surface area is 129 Å². The lowest BCUT2D eigenvalue weighted by atomic mass is 10.2. The molecule has 0 saturated heterocycles. The molecule has 0 radical (unpaired) electrons. The van der Waals surface area contributed by atoms with Crippen LogP contribution in [-0.4, -0.2) is 28.8 Å². The van der Waals surface area contributed by atoms with Gasteiger partial charge in [0.25, 0.3) is 0 Å². The second-order valence-corrected chi connectivity index (χ2v) is 6.13. The van der Waals surface area contributed by atoms with E-state index in [2.05, 4.69) is 21.2 Å². The first kappa shape index (κ1) is 17.0. The molecule has 0 aliphatic carbocycles. The van der Waals surface area contributed by atoms with Crippen LogP contribution in [0.5, 0.6) is 0 Å². The van der Waals surface area contributed by atoms with Crippen LogP contribution in [0.25, 0.3) is 0 Å². The van der Waals surface area contributed by atoms with Gasteiger partial charge in [-0.2, -0.15) is 11.8 Å². The van der Waals surface area contributed by atoms with Crippen molar-refractivity contribution in [3.63, 3.8) is 0 Å². The molecule has 0 saturated carbocycles. The Balaban J connectivity index is 2.42. The number of amides is 1. The molecule has 0 fully saturated rings. The zero-order chi connectivity index (χ0) is 15.1. The van der Waals surface area contributed by atoms with Gasteiger partial charge in [-0.05, 0) is 35.9 Å². The number of hydrogen-bond acceptors (Lipinski definition) is 3. The molecule has 0 aromatic heterocycles. The fourth-order valence-corrected chi connectivity index (χ4v) is 3.12. The molecule has 1 unspecified atom stereocenters. The van der Waals surface area contributed by atoms with E-state index in [0.717, 1.165) is 10.0 Å². The molecule has 1 amide bonds. The number of halogens is 2. The topological polar surface area (TPSA) is 66.4 Å². The van der Waals surface area contributed by atoms with E-state index in [1.54, 1.807) is 6.07 Å². The lowest BCUT2D eigenvalue weighted by Gasteiger charge is -2.12. The Morgan fingerprint density at radius 1 is 1.50 bits per heavy atom. The van der Waals surface area contributed by atoms with Crippen molar-refractivity contribution < 1.29 is 19.1 Å². The number of hydrogen-bond donors (Lipinski definition) is 2. The number of aliphatic carboxylic acids is 1. The maximum Gasteiger partial charge on any atom is 0.326 e. The normalized spacial score (nSPS) is 11.9. The molecular formula is C13H15BrFNO3S. The summed E-state index contributed by atoms with van der Waals surface area (Å²) in [6.45, 7) is 1.28. The maximum atomic E-state index is 13.1. The summed E-state index contributed by atoms with van der Waals surface area (Å²) >= 11 is 4.83. The van der Waals surface area contributed by atoms with Crippen LogP contribution in [0.15, 0.2) is 22.7 Å². The van der Waals surface area contributed by atoms with Gasteiger partial charge in [-0.1, -0.05) is 15.9 Å². The highest BCUT2D eigenvalue weighted by Crippen LogP contribution is 2.23. The van der Waals surface area contributed by atoms with Gasteiger partial charge in [0.05, 0.1) is 0 Å². The van der Waals surface area contributed by atoms with E-state index < -0.39 is 12.0 Å². The highest BCUT2D eigenvalue weighted by atomic mass is 79.9. The van der Waals surface area contributed by atoms with Gasteiger partial charge in [0.15, 0.2) is 0 Å². The summed E-state index contributed by atoms with van der Waals surface area (Å²) in [6.07, 6.45) is 0.326. The van der Waals surface area contributed by atoms with Gasteiger partial charge in [0.1, 0.15) is 11.9 Å². The highest BCUT2D eigenvalue weighted by molar-refractivity contribution is 9.10. The molecule has 0 aliphatic rings. The molecule has 0 bridgehead atoms. The number of nitrogens with one attached hydrogen (secondary N) is 1. The van der Waals surface area contributed by atoms with Gasteiger partial charge in [-0.15, -0.1) is 0 Å². The van der Waals surface area contributed by atoms with Crippen molar-refractivity contribution in [1.82, 2.24) is 5.32 Å². The third-order valence-corrected chi connectivity index (χ3v) is 4.30. The monoisotopic (exact) mass is 363 g/mol. The van der Waals surface area contributed by atoms with E-state index >= 15 is 0 Å². The number of benzene rings is 1. The third-order valence-electron chi connectivity index (χ3n) is 2.49. The summed E-state index contributed by atoms with van der Waals surface area (Å²) < 4.78 is 13.9. The van der Waals surface area contributed by atoms with Crippen molar-refractivity contribution >= 4 is 39.6 Å². The Morgan fingerprint density at radius 2 is 2.20 bits per heavy atom. The van der Waals surface area contributed by atoms with Crippen LogP contribution < -0.4 is 5.32 Å². The lowest BCUT2D eigenvalue weighted by Crippen LogP contribution is -2.39. The first-order valence-corrected chi connectivity index (χ1v) is 7.86. The second kappa shape index (κ2) is 8.26. The molecular weight excluding hydrogens is 349 g/mol. The summed E-state index contributed by atoms with van der Waals surface area (Å²) in [6, 6.07) is 3.58. The van der Waals surface area contributed by atoms with Gasteiger partial charge >= 0.3 is 5.97 Å². The number of carbonyl (C=O) groups is 2. The second-order valence-electron chi connectivity index (χ2n) is 4.17. The van der Waals surface area contributed by atoms with Crippen molar-refractivity contribution in [3.05, 3.63) is 34.1 Å². The van der Waals surface area contributed by atoms with Gasteiger partial charge in [0, 0.05) is 17.1 Å². The van der Waals surface area contributed by atoms with Crippen molar-refractivity contribution in [2.45, 2.75) is 25.1 Å². The zero-order valence-corrected chi connectivity index (χ0v) is 13.3. The summed E-state index contributed by atoms with van der Waals surface area (Å²) in [5, 5.41) is 11.3. The van der Waals surface area contributed by atoms with Gasteiger partial charge in [-0.25, -0.2) is 9.18 Å². The van der Waals surface area contributed by atoms with Crippen molar-refractivity contribution in [3.8, 4) is 0 Å². The molecule has 0 heterocycles. The van der Waals surface area contributed by atoms with E-state index in [0.29, 0.717) is 17.9 Å². The van der Waals surface area contributed by atoms with Gasteiger partial charge in [-0.3, -0.25) is 4.79 Å². The predicted molar refractivity (Wildman–Crippen MR) is 80.1 cm³/mol. The van der Waals surface area contributed by atoms with Crippen LogP contribution in [0, 0.1) is 5.82 Å². The molecule has 2 N–H and O–H groups in total. The molecule has 0 spiro atoms. The van der Waals surface area contributed by atoms with Crippen molar-refractivity contribution in [2.75, 3.05) is 5.75 Å². The van der Waals surface area contributed by atoms with Crippen LogP contribution in [0.1, 0.15) is 18.9 Å². The average molecular weight is 364 g/mol. The van der Waals surface area contributed by atoms with E-state index in [1.165, 1.54) is 30.8 Å². The Hall–Kier alpha value is -1.08. The average Bonchev–Trinajstić information content (AvgIpc) is 2.36. The quantitative estimate of drug-likeness (QED) is 0.731. The van der Waals surface area contributed by atoms with Crippen LogP contribution in [0.4, 0.5) is 4.39 Å². The number of rotatable bonds is 7. The lowest BCUT2D eigenvalue weighted by molar-refractivity contribution is -0.141. The minimum atomic E-state index is -1.05. The number of carboxylic acids is 1. The maximum absolute atomic E-state index is 13.1. The molecule has 4 nitrogen and oxygen atoms in total. The van der Waals surface area contributed by atoms with Gasteiger partial charge in [0.2, 0.25) is 5.91 Å². The fraction of sp³-hybridized carbons (Fsp3) is 0.385. The fourth-order valence-electron chi connectivity index (χ4n) is 1.54. The van der Waals surface area contributed by atoms with E-state index in [-0.39, 0.29) is 11.7 Å². The SMILES string of the molecule is CC(=O)NC(CCSCc1cc(F)ccc1Br)C(=O)O. The van der Waals surface area contributed by atoms with Crippen LogP contribution in [0.3, 0.4) is 0 Å². The third kappa shape index (κ3) is 5.92. The minimum Gasteiger partial charge on any atom is -0.480 e. The first-order valence-electron chi connectivity index (χ1n) is 5.91. The largest absolute Gasteiger partial charge is 0.480 e. The molecule has 1 rings (SSSR count). The van der Waals surface area contributed by atoms with Crippen LogP contribution in [-0.2, 0) is 15.3 Å². The molecule has 1 atom stereocenters. The Bertz CT molecular complexity index is 499. The van der Waals surface area contributed by atoms with E-state index in [4.69, 9.17) is 5.11 Å². The molecule has 1 aromatic carbocycles. The first-order chi connectivity index (χ1) is 9.40. The van der Waals surface area contributed by atoms with E-state index in [9.17, 15) is 14.0 Å². The zero-order valence-electron chi connectivity index (χ0n) is 10.9. The summed E-state index contributed by atoms with van der Waals surface area (Å²) in [7, 11) is 0. The van der Waals surface area contributed by atoms with Gasteiger partial charge < -0.3 is 10.4 Å². The van der Waals surface area contributed by atoms with Crippen molar-refractivity contribution in [1.29, 1.82) is 0 Å². The molecule has 110 valence electrons.